The molecule has 0 radical (unpaired) electrons. The van der Waals surface area contributed by atoms with E-state index in [0.717, 1.165) is 11.3 Å². The molecular formula is C11H17N3O3S. The lowest BCUT2D eigenvalue weighted by atomic mass is 9.91. The number of methoxy groups -OCH3 is 1. The number of nitrogens with two attached hydrogens (primary N) is 1. The van der Waals surface area contributed by atoms with E-state index in [2.05, 4.69) is 10.3 Å². The Morgan fingerprint density at radius 1 is 1.44 bits per heavy atom. The van der Waals surface area contributed by atoms with Crippen LogP contribution in [0.1, 0.15) is 36.1 Å². The minimum absolute atomic E-state index is 0.127. The molecule has 7 heteroatoms. The monoisotopic (exact) mass is 271 g/mol. The molecule has 100 valence electrons. The Hall–Kier alpha value is -1.47. The molecule has 0 saturated carbocycles. The van der Waals surface area contributed by atoms with Gasteiger partial charge in [0.05, 0.1) is 19.3 Å². The van der Waals surface area contributed by atoms with Gasteiger partial charge in [0.2, 0.25) is 5.91 Å². The summed E-state index contributed by atoms with van der Waals surface area (Å²) in [5, 5.41) is 2.90. The highest BCUT2D eigenvalue weighted by Crippen LogP contribution is 2.32. The van der Waals surface area contributed by atoms with E-state index < -0.39 is 5.97 Å². The largest absolute Gasteiger partial charge is 0.465 e. The highest BCUT2D eigenvalue weighted by atomic mass is 32.1. The van der Waals surface area contributed by atoms with Crippen LogP contribution in [0.2, 0.25) is 0 Å². The van der Waals surface area contributed by atoms with Gasteiger partial charge in [-0.2, -0.15) is 0 Å². The molecule has 0 fully saturated rings. The number of anilines is 1. The second-order valence-corrected chi connectivity index (χ2v) is 5.69. The van der Waals surface area contributed by atoms with Crippen molar-refractivity contribution in [1.29, 1.82) is 0 Å². The molecular weight excluding hydrogens is 254 g/mol. The average molecular weight is 271 g/mol. The molecule has 0 aliphatic heterocycles. The maximum absolute atomic E-state index is 11.7. The number of nitrogens with one attached hydrogen (secondary N) is 1. The van der Waals surface area contributed by atoms with Gasteiger partial charge in [-0.3, -0.25) is 4.79 Å². The number of rotatable bonds is 3. The summed E-state index contributed by atoms with van der Waals surface area (Å²) in [6.07, 6.45) is 0. The Morgan fingerprint density at radius 2 is 2.06 bits per heavy atom. The zero-order valence-electron chi connectivity index (χ0n) is 10.9. The molecule has 1 aromatic heterocycles. The predicted molar refractivity (Wildman–Crippen MR) is 69.8 cm³/mol. The number of aromatic nitrogens is 1. The molecule has 0 saturated heterocycles. The van der Waals surface area contributed by atoms with Crippen molar-refractivity contribution in [3.63, 3.8) is 0 Å². The molecule has 1 amide bonds. The van der Waals surface area contributed by atoms with Crippen LogP contribution in [-0.4, -0.2) is 30.5 Å². The van der Waals surface area contributed by atoms with Gasteiger partial charge in [0.25, 0.3) is 0 Å². The van der Waals surface area contributed by atoms with Crippen LogP contribution in [0, 0.1) is 0 Å². The Kier molecular flexibility index (Phi) is 4.42. The molecule has 0 aliphatic carbocycles. The van der Waals surface area contributed by atoms with Crippen molar-refractivity contribution in [2.45, 2.75) is 26.2 Å². The quantitative estimate of drug-likeness (QED) is 0.803. The highest BCUT2D eigenvalue weighted by Gasteiger charge is 2.28. The van der Waals surface area contributed by atoms with Crippen molar-refractivity contribution >= 4 is 28.3 Å². The minimum atomic E-state index is -0.453. The van der Waals surface area contributed by atoms with Gasteiger partial charge in [-0.05, 0) is 0 Å². The van der Waals surface area contributed by atoms with Crippen molar-refractivity contribution < 1.29 is 14.3 Å². The number of ether oxygens (including phenoxy) is 1. The third-order valence-electron chi connectivity index (χ3n) is 2.14. The van der Waals surface area contributed by atoms with Gasteiger partial charge in [0, 0.05) is 5.41 Å². The van der Waals surface area contributed by atoms with Crippen LogP contribution < -0.4 is 11.1 Å². The molecule has 0 atom stereocenters. The summed E-state index contributed by atoms with van der Waals surface area (Å²) in [6.45, 7) is 5.67. The Morgan fingerprint density at radius 3 is 2.50 bits per heavy atom. The van der Waals surface area contributed by atoms with E-state index in [4.69, 9.17) is 10.5 Å². The molecule has 6 nitrogen and oxygen atoms in total. The third-order valence-corrected chi connectivity index (χ3v) is 3.09. The number of nitrogens with zero attached hydrogens (tertiary/aromatic N) is 1. The predicted octanol–water partition coefficient (Wildman–Crippen LogP) is 1.12. The Labute approximate surface area is 110 Å². The number of amides is 1. The van der Waals surface area contributed by atoms with Gasteiger partial charge in [0.1, 0.15) is 4.88 Å². The summed E-state index contributed by atoms with van der Waals surface area (Å²) in [5.41, 5.74) is 5.50. The van der Waals surface area contributed by atoms with E-state index in [1.54, 1.807) is 0 Å². The van der Waals surface area contributed by atoms with Crippen LogP contribution in [0.5, 0.6) is 0 Å². The van der Waals surface area contributed by atoms with Gasteiger partial charge < -0.3 is 15.8 Å². The number of hydrogen-bond acceptors (Lipinski definition) is 6. The third kappa shape index (κ3) is 3.27. The number of thiazole rings is 1. The fourth-order valence-corrected chi connectivity index (χ4v) is 2.39. The normalized spacial score (nSPS) is 11.2. The van der Waals surface area contributed by atoms with E-state index in [1.165, 1.54) is 7.11 Å². The van der Waals surface area contributed by atoms with Gasteiger partial charge in [-0.15, -0.1) is 0 Å². The SMILES string of the molecule is COC(=O)c1sc(NC(=O)CN)nc1C(C)(C)C. The summed E-state index contributed by atoms with van der Waals surface area (Å²) in [4.78, 5) is 27.5. The second kappa shape index (κ2) is 5.45. The maximum atomic E-state index is 11.7. The molecule has 1 rings (SSSR count). The topological polar surface area (TPSA) is 94.3 Å². The molecule has 18 heavy (non-hydrogen) atoms. The fourth-order valence-electron chi connectivity index (χ4n) is 1.28. The lowest BCUT2D eigenvalue weighted by molar-refractivity contribution is -0.114. The van der Waals surface area contributed by atoms with E-state index in [-0.39, 0.29) is 17.9 Å². The van der Waals surface area contributed by atoms with Gasteiger partial charge >= 0.3 is 5.97 Å². The van der Waals surface area contributed by atoms with E-state index in [0.29, 0.717) is 15.7 Å². The van der Waals surface area contributed by atoms with E-state index in [1.807, 2.05) is 20.8 Å². The molecule has 0 spiro atoms. The first-order chi connectivity index (χ1) is 8.29. The Balaban J connectivity index is 3.15. The molecule has 1 aromatic rings. The molecule has 0 aliphatic rings. The van der Waals surface area contributed by atoms with Crippen LogP contribution in [0.15, 0.2) is 0 Å². The number of carbonyl (C=O) groups excluding carboxylic acids is 2. The standard InChI is InChI=1S/C11H17N3O3S/c1-11(2,3)8-7(9(16)17-4)18-10(14-8)13-6(15)5-12/h5,12H2,1-4H3,(H,13,14,15). The first-order valence-electron chi connectivity index (χ1n) is 5.39. The van der Waals surface area contributed by atoms with Crippen molar-refractivity contribution in [2.24, 2.45) is 5.73 Å². The van der Waals surface area contributed by atoms with Gasteiger partial charge in [0.15, 0.2) is 5.13 Å². The number of esters is 1. The fraction of sp³-hybridized carbons (Fsp3) is 0.545. The van der Waals surface area contributed by atoms with Crippen LogP contribution in [-0.2, 0) is 14.9 Å². The average Bonchev–Trinajstić information content (AvgIpc) is 2.71. The van der Waals surface area contributed by atoms with Crippen LogP contribution in [0.3, 0.4) is 0 Å². The van der Waals surface area contributed by atoms with Crippen LogP contribution in [0.25, 0.3) is 0 Å². The Bertz CT molecular complexity index is 463. The van der Waals surface area contributed by atoms with Gasteiger partial charge in [-0.1, -0.05) is 32.1 Å². The molecule has 0 unspecified atom stereocenters. The number of carbonyl (C=O) groups is 2. The van der Waals surface area contributed by atoms with Crippen molar-refractivity contribution in [3.05, 3.63) is 10.6 Å². The molecule has 0 bridgehead atoms. The van der Waals surface area contributed by atoms with Crippen molar-refractivity contribution in [3.8, 4) is 0 Å². The minimum Gasteiger partial charge on any atom is -0.465 e. The van der Waals surface area contributed by atoms with Crippen molar-refractivity contribution in [1.82, 2.24) is 4.98 Å². The second-order valence-electron chi connectivity index (χ2n) is 4.69. The highest BCUT2D eigenvalue weighted by molar-refractivity contribution is 7.17. The molecule has 1 heterocycles. The molecule has 0 aromatic carbocycles. The van der Waals surface area contributed by atoms with Gasteiger partial charge in [-0.25, -0.2) is 9.78 Å². The zero-order chi connectivity index (χ0) is 13.9. The zero-order valence-corrected chi connectivity index (χ0v) is 11.7. The summed E-state index contributed by atoms with van der Waals surface area (Å²) in [5.74, 6) is -0.800. The number of hydrogen-bond donors (Lipinski definition) is 2. The lowest BCUT2D eigenvalue weighted by Crippen LogP contribution is -2.22. The van der Waals surface area contributed by atoms with E-state index in [9.17, 15) is 9.59 Å². The molecule has 3 N–H and O–H groups in total. The summed E-state index contributed by atoms with van der Waals surface area (Å²) < 4.78 is 4.71. The van der Waals surface area contributed by atoms with Crippen molar-refractivity contribution in [2.75, 3.05) is 19.0 Å². The first-order valence-corrected chi connectivity index (χ1v) is 6.20. The summed E-state index contributed by atoms with van der Waals surface area (Å²) in [7, 11) is 1.31. The first kappa shape index (κ1) is 14.6. The smallest absolute Gasteiger partial charge is 0.350 e. The maximum Gasteiger partial charge on any atom is 0.350 e. The summed E-state index contributed by atoms with van der Waals surface area (Å²) >= 11 is 1.09. The van der Waals surface area contributed by atoms with Crippen LogP contribution in [0.4, 0.5) is 5.13 Å². The van der Waals surface area contributed by atoms with Crippen LogP contribution >= 0.6 is 11.3 Å². The van der Waals surface area contributed by atoms with E-state index >= 15 is 0 Å². The summed E-state index contributed by atoms with van der Waals surface area (Å²) in [6, 6.07) is 0. The lowest BCUT2D eigenvalue weighted by Gasteiger charge is -2.16.